The van der Waals surface area contributed by atoms with Crippen LogP contribution in [0.5, 0.6) is 0 Å². The molecule has 0 saturated heterocycles. The molecular formula is C17H18N4. The topological polar surface area (TPSA) is 43.1 Å². The first-order valence-electron chi connectivity index (χ1n) is 7.29. The molecule has 4 heteroatoms. The van der Waals surface area contributed by atoms with Gasteiger partial charge in [-0.2, -0.15) is 5.10 Å². The number of rotatable bonds is 5. The quantitative estimate of drug-likeness (QED) is 0.715. The minimum absolute atomic E-state index is 0.893. The maximum absolute atomic E-state index is 4.64. The molecule has 0 atom stereocenters. The van der Waals surface area contributed by atoms with Crippen LogP contribution in [0, 0.1) is 0 Å². The zero-order valence-electron chi connectivity index (χ0n) is 12.1. The van der Waals surface area contributed by atoms with Crippen LogP contribution in [0.3, 0.4) is 0 Å². The highest BCUT2D eigenvalue weighted by atomic mass is 15.2. The summed E-state index contributed by atoms with van der Waals surface area (Å²) in [6.07, 6.45) is 10.9. The SMILES string of the molecule is CCCCc1cc(/C=C/c2ccccn2)n2nccc2n1. The Morgan fingerprint density at radius 2 is 2.10 bits per heavy atom. The highest BCUT2D eigenvalue weighted by molar-refractivity contribution is 5.67. The number of hydrogen-bond donors (Lipinski definition) is 0. The maximum atomic E-state index is 4.64. The van der Waals surface area contributed by atoms with Crippen LogP contribution in [0.1, 0.15) is 36.8 Å². The lowest BCUT2D eigenvalue weighted by atomic mass is 10.1. The van der Waals surface area contributed by atoms with Gasteiger partial charge >= 0.3 is 0 Å². The van der Waals surface area contributed by atoms with Gasteiger partial charge in [-0.3, -0.25) is 4.98 Å². The van der Waals surface area contributed by atoms with Gasteiger partial charge in [0.25, 0.3) is 0 Å². The van der Waals surface area contributed by atoms with E-state index in [9.17, 15) is 0 Å². The molecule has 0 unspecified atom stereocenters. The van der Waals surface area contributed by atoms with E-state index in [-0.39, 0.29) is 0 Å². The van der Waals surface area contributed by atoms with Gasteiger partial charge in [0.1, 0.15) is 0 Å². The zero-order chi connectivity index (χ0) is 14.5. The average molecular weight is 278 g/mol. The molecule has 0 fully saturated rings. The molecule has 0 aliphatic heterocycles. The van der Waals surface area contributed by atoms with Gasteiger partial charge in [0, 0.05) is 18.0 Å². The number of unbranched alkanes of at least 4 members (excludes halogenated alkanes) is 1. The molecule has 3 aromatic heterocycles. The normalized spacial score (nSPS) is 11.5. The molecule has 21 heavy (non-hydrogen) atoms. The Labute approximate surface area is 124 Å². The van der Waals surface area contributed by atoms with Crippen LogP contribution < -0.4 is 0 Å². The molecule has 0 amide bonds. The highest BCUT2D eigenvalue weighted by Gasteiger charge is 2.04. The van der Waals surface area contributed by atoms with E-state index in [2.05, 4.69) is 28.1 Å². The third kappa shape index (κ3) is 3.16. The average Bonchev–Trinajstić information content (AvgIpc) is 3.00. The lowest BCUT2D eigenvalue weighted by molar-refractivity contribution is 0.771. The number of nitrogens with zero attached hydrogens (tertiary/aromatic N) is 4. The number of hydrogen-bond acceptors (Lipinski definition) is 3. The molecule has 106 valence electrons. The van der Waals surface area contributed by atoms with Gasteiger partial charge in [0.05, 0.1) is 17.6 Å². The van der Waals surface area contributed by atoms with Crippen molar-refractivity contribution in [2.75, 3.05) is 0 Å². The summed E-state index contributed by atoms with van der Waals surface area (Å²) < 4.78 is 1.86. The van der Waals surface area contributed by atoms with Crippen molar-refractivity contribution >= 4 is 17.8 Å². The van der Waals surface area contributed by atoms with E-state index >= 15 is 0 Å². The van der Waals surface area contributed by atoms with E-state index in [0.29, 0.717) is 0 Å². The summed E-state index contributed by atoms with van der Waals surface area (Å²) in [6.45, 7) is 2.19. The molecule has 0 saturated carbocycles. The van der Waals surface area contributed by atoms with Gasteiger partial charge < -0.3 is 0 Å². The summed E-state index contributed by atoms with van der Waals surface area (Å²) in [4.78, 5) is 8.94. The van der Waals surface area contributed by atoms with Crippen LogP contribution in [0.4, 0.5) is 0 Å². The second-order valence-corrected chi connectivity index (χ2v) is 4.97. The van der Waals surface area contributed by atoms with Crippen molar-refractivity contribution < 1.29 is 0 Å². The molecule has 0 bridgehead atoms. The fourth-order valence-electron chi connectivity index (χ4n) is 2.24. The van der Waals surface area contributed by atoms with Crippen molar-refractivity contribution in [1.82, 2.24) is 19.6 Å². The minimum Gasteiger partial charge on any atom is -0.257 e. The third-order valence-corrected chi connectivity index (χ3v) is 3.34. The van der Waals surface area contributed by atoms with Gasteiger partial charge in [-0.05, 0) is 43.2 Å². The van der Waals surface area contributed by atoms with Gasteiger partial charge in [-0.25, -0.2) is 9.50 Å². The van der Waals surface area contributed by atoms with E-state index in [1.807, 2.05) is 40.9 Å². The number of aromatic nitrogens is 4. The third-order valence-electron chi connectivity index (χ3n) is 3.34. The van der Waals surface area contributed by atoms with Crippen LogP contribution >= 0.6 is 0 Å². The Balaban J connectivity index is 1.96. The molecular weight excluding hydrogens is 260 g/mol. The van der Waals surface area contributed by atoms with Crippen molar-refractivity contribution in [3.05, 3.63) is 59.8 Å². The fraction of sp³-hybridized carbons (Fsp3) is 0.235. The first kappa shape index (κ1) is 13.5. The molecule has 0 spiro atoms. The van der Waals surface area contributed by atoms with Gasteiger partial charge in [-0.1, -0.05) is 19.4 Å². The van der Waals surface area contributed by atoms with Crippen LogP contribution in [-0.2, 0) is 6.42 Å². The summed E-state index contributed by atoms with van der Waals surface area (Å²) in [7, 11) is 0. The molecule has 3 heterocycles. The van der Waals surface area contributed by atoms with E-state index < -0.39 is 0 Å². The first-order chi connectivity index (χ1) is 10.4. The summed E-state index contributed by atoms with van der Waals surface area (Å²) in [5.41, 5.74) is 3.97. The first-order valence-corrected chi connectivity index (χ1v) is 7.29. The molecule has 0 aromatic carbocycles. The Kier molecular flexibility index (Phi) is 4.05. The van der Waals surface area contributed by atoms with Crippen LogP contribution in [-0.4, -0.2) is 19.6 Å². The molecule has 0 radical (unpaired) electrons. The number of aryl methyl sites for hydroxylation is 1. The van der Waals surface area contributed by atoms with Crippen molar-refractivity contribution in [3.8, 4) is 0 Å². The smallest absolute Gasteiger partial charge is 0.155 e. The maximum Gasteiger partial charge on any atom is 0.155 e. The minimum atomic E-state index is 0.893. The van der Waals surface area contributed by atoms with Crippen molar-refractivity contribution in [3.63, 3.8) is 0 Å². The fourth-order valence-corrected chi connectivity index (χ4v) is 2.24. The van der Waals surface area contributed by atoms with Crippen LogP contribution in [0.15, 0.2) is 42.7 Å². The number of fused-ring (bicyclic) bond motifs is 1. The van der Waals surface area contributed by atoms with Crippen molar-refractivity contribution in [1.29, 1.82) is 0 Å². The second-order valence-electron chi connectivity index (χ2n) is 4.97. The van der Waals surface area contributed by atoms with Crippen molar-refractivity contribution in [2.24, 2.45) is 0 Å². The Morgan fingerprint density at radius 3 is 2.90 bits per heavy atom. The predicted octanol–water partition coefficient (Wildman–Crippen LogP) is 3.64. The van der Waals surface area contributed by atoms with Crippen molar-refractivity contribution in [2.45, 2.75) is 26.2 Å². The lowest BCUT2D eigenvalue weighted by Crippen LogP contribution is -2.00. The Bertz CT molecular complexity index is 744. The Hall–Kier alpha value is -2.49. The second kappa shape index (κ2) is 6.31. The van der Waals surface area contributed by atoms with E-state index in [0.717, 1.165) is 35.6 Å². The molecule has 3 rings (SSSR count). The van der Waals surface area contributed by atoms with E-state index in [1.165, 1.54) is 6.42 Å². The number of pyridine rings is 1. The largest absolute Gasteiger partial charge is 0.257 e. The summed E-state index contributed by atoms with van der Waals surface area (Å²) in [5.74, 6) is 0. The van der Waals surface area contributed by atoms with E-state index in [1.54, 1.807) is 12.4 Å². The summed E-state index contributed by atoms with van der Waals surface area (Å²) in [6, 6.07) is 9.92. The molecule has 0 aliphatic rings. The molecule has 3 aromatic rings. The predicted molar refractivity (Wildman–Crippen MR) is 84.8 cm³/mol. The van der Waals surface area contributed by atoms with Gasteiger partial charge in [-0.15, -0.1) is 0 Å². The summed E-state index contributed by atoms with van der Waals surface area (Å²) in [5, 5.41) is 4.33. The van der Waals surface area contributed by atoms with Gasteiger partial charge in [0.2, 0.25) is 0 Å². The Morgan fingerprint density at radius 1 is 1.14 bits per heavy atom. The summed E-state index contributed by atoms with van der Waals surface area (Å²) >= 11 is 0. The standard InChI is InChI=1S/C17H18N4/c1-2-3-6-15-13-16(21-17(20-15)10-12-19-21)9-8-14-7-4-5-11-18-14/h4-5,7-13H,2-3,6H2,1H3/b9-8+. The monoisotopic (exact) mass is 278 g/mol. The van der Waals surface area contributed by atoms with Crippen LogP contribution in [0.25, 0.3) is 17.8 Å². The van der Waals surface area contributed by atoms with E-state index in [4.69, 9.17) is 0 Å². The molecule has 0 aliphatic carbocycles. The van der Waals surface area contributed by atoms with Gasteiger partial charge in [0.15, 0.2) is 5.65 Å². The van der Waals surface area contributed by atoms with Crippen LogP contribution in [0.2, 0.25) is 0 Å². The lowest BCUT2D eigenvalue weighted by Gasteiger charge is -2.04. The highest BCUT2D eigenvalue weighted by Crippen LogP contribution is 2.12. The molecule has 0 N–H and O–H groups in total. The zero-order valence-corrected chi connectivity index (χ0v) is 12.1. The molecule has 4 nitrogen and oxygen atoms in total.